The number of nitrogens with zero attached hydrogens (tertiary/aromatic N) is 4. The first-order valence-electron chi connectivity index (χ1n) is 6.18. The van der Waals surface area contributed by atoms with E-state index in [1.54, 1.807) is 12.1 Å². The van der Waals surface area contributed by atoms with Crippen LogP contribution in [0.4, 0.5) is 5.69 Å². The van der Waals surface area contributed by atoms with Crippen LogP contribution in [0.5, 0.6) is 6.08 Å². The topological polar surface area (TPSA) is 109 Å². The second-order valence-corrected chi connectivity index (χ2v) is 6.32. The smallest absolute Gasteiger partial charge is 0.290 e. The number of nitro benzene ring substituents is 1. The fourth-order valence-electron chi connectivity index (χ4n) is 1.78. The summed E-state index contributed by atoms with van der Waals surface area (Å²) in [5, 5.41) is 29.1. The third-order valence-electron chi connectivity index (χ3n) is 2.78. The zero-order chi connectivity index (χ0) is 16.4. The third kappa shape index (κ3) is 3.48. The Bertz CT molecular complexity index is 869. The van der Waals surface area contributed by atoms with Crippen molar-refractivity contribution in [2.24, 2.45) is 0 Å². The van der Waals surface area contributed by atoms with Crippen LogP contribution in [0.25, 0.3) is 5.69 Å². The van der Waals surface area contributed by atoms with Crippen LogP contribution in [-0.4, -0.2) is 15.3 Å². The average molecular weight is 395 g/mol. The molecule has 8 nitrogen and oxygen atoms in total. The van der Waals surface area contributed by atoms with Gasteiger partial charge in [0.1, 0.15) is 5.27 Å². The minimum atomic E-state index is -0.874. The lowest BCUT2D eigenvalue weighted by Gasteiger charge is -2.03. The largest absolute Gasteiger partial charge is 0.523 e. The summed E-state index contributed by atoms with van der Waals surface area (Å²) in [6, 6.07) is 11.8. The standard InChI is InChI=1S/C13H7BrN4O4S/c14-8-1-4-10(5-2-8)23-12-6-3-9(7-11(12)18(20)21)17-15-13(19)22-16-17/h1-7H. The van der Waals surface area contributed by atoms with Gasteiger partial charge in [0.05, 0.1) is 25.8 Å². The highest BCUT2D eigenvalue weighted by atomic mass is 79.9. The maximum atomic E-state index is 11.3. The summed E-state index contributed by atoms with van der Waals surface area (Å²) in [5.41, 5.74) is 0.155. The molecule has 1 heterocycles. The quantitative estimate of drug-likeness (QED) is 0.379. The molecule has 0 N–H and O–H groups in total. The van der Waals surface area contributed by atoms with E-state index in [1.165, 1.54) is 17.8 Å². The Hall–Kier alpha value is -2.46. The summed E-state index contributed by atoms with van der Waals surface area (Å²) >= 11 is 4.60. The van der Waals surface area contributed by atoms with Crippen LogP contribution < -0.4 is 9.90 Å². The molecule has 0 bridgehead atoms. The predicted octanol–water partition coefficient (Wildman–Crippen LogP) is 2.24. The first-order valence-corrected chi connectivity index (χ1v) is 7.79. The lowest BCUT2D eigenvalue weighted by atomic mass is 10.3. The highest BCUT2D eigenvalue weighted by Gasteiger charge is 2.22. The predicted molar refractivity (Wildman–Crippen MR) is 80.2 cm³/mol. The number of benzene rings is 2. The van der Waals surface area contributed by atoms with Gasteiger partial charge in [0.2, 0.25) is 6.08 Å². The van der Waals surface area contributed by atoms with E-state index in [9.17, 15) is 15.2 Å². The zero-order valence-electron chi connectivity index (χ0n) is 11.2. The van der Waals surface area contributed by atoms with Crippen LogP contribution >= 0.6 is 27.7 Å². The van der Waals surface area contributed by atoms with Crippen molar-refractivity contribution in [2.45, 2.75) is 9.79 Å². The molecule has 0 aliphatic heterocycles. The summed E-state index contributed by atoms with van der Waals surface area (Å²) in [7, 11) is 0. The molecule has 0 unspecified atom stereocenters. The molecule has 0 aliphatic rings. The van der Waals surface area contributed by atoms with E-state index in [0.29, 0.717) is 4.90 Å². The molecular weight excluding hydrogens is 388 g/mol. The summed E-state index contributed by atoms with van der Waals surface area (Å²) in [5.74, 6) is 0. The van der Waals surface area contributed by atoms with Crippen molar-refractivity contribution in [2.75, 3.05) is 0 Å². The number of hydrogen-bond donors (Lipinski definition) is 0. The van der Waals surface area contributed by atoms with E-state index in [-0.39, 0.29) is 11.4 Å². The monoisotopic (exact) mass is 394 g/mol. The minimum Gasteiger partial charge on any atom is -0.523 e. The summed E-state index contributed by atoms with van der Waals surface area (Å²) in [4.78, 5) is 13.0. The Labute approximate surface area is 142 Å². The first-order chi connectivity index (χ1) is 11.0. The fourth-order valence-corrected chi connectivity index (χ4v) is 2.95. The maximum Gasteiger partial charge on any atom is 0.290 e. The number of halogens is 1. The molecule has 0 amide bonds. The number of aromatic nitrogens is 3. The van der Waals surface area contributed by atoms with E-state index < -0.39 is 11.0 Å². The van der Waals surface area contributed by atoms with E-state index in [1.807, 2.05) is 24.3 Å². The van der Waals surface area contributed by atoms with Crippen molar-refractivity contribution in [1.82, 2.24) is 10.4 Å². The van der Waals surface area contributed by atoms with E-state index in [0.717, 1.165) is 14.2 Å². The molecule has 1 aromatic heterocycles. The number of hydrogen-bond acceptors (Lipinski definition) is 7. The van der Waals surface area contributed by atoms with Crippen LogP contribution in [0.1, 0.15) is 0 Å². The number of nitro groups is 1. The van der Waals surface area contributed by atoms with Gasteiger partial charge in [0, 0.05) is 15.4 Å². The van der Waals surface area contributed by atoms with Crippen LogP contribution in [0.15, 0.2) is 61.3 Å². The van der Waals surface area contributed by atoms with Gasteiger partial charge in [-0.15, -0.1) is 0 Å². The maximum absolute atomic E-state index is 11.3. The van der Waals surface area contributed by atoms with Gasteiger partial charge < -0.3 is 9.63 Å². The summed E-state index contributed by atoms with van der Waals surface area (Å²) in [6.45, 7) is 0. The van der Waals surface area contributed by atoms with Crippen molar-refractivity contribution in [3.8, 4) is 11.8 Å². The van der Waals surface area contributed by atoms with Crippen LogP contribution in [0.2, 0.25) is 0 Å². The molecule has 0 aliphatic carbocycles. The van der Waals surface area contributed by atoms with Crippen molar-refractivity contribution < 1.29 is 19.3 Å². The molecule has 23 heavy (non-hydrogen) atoms. The zero-order valence-corrected chi connectivity index (χ0v) is 13.7. The van der Waals surface area contributed by atoms with Crippen molar-refractivity contribution in [3.05, 3.63) is 57.1 Å². The van der Waals surface area contributed by atoms with Gasteiger partial charge in [-0.3, -0.25) is 10.1 Å². The Morgan fingerprint density at radius 1 is 1.22 bits per heavy atom. The highest BCUT2D eigenvalue weighted by Crippen LogP contribution is 2.35. The summed E-state index contributed by atoms with van der Waals surface area (Å²) < 4.78 is 5.25. The molecular formula is C13H7BrN4O4S. The van der Waals surface area contributed by atoms with Gasteiger partial charge in [-0.2, -0.15) is 0 Å². The second kappa shape index (κ2) is 6.34. The molecule has 3 rings (SSSR count). The molecule has 3 aromatic rings. The normalized spacial score (nSPS) is 10.7. The minimum absolute atomic E-state index is 0.111. The highest BCUT2D eigenvalue weighted by molar-refractivity contribution is 9.10. The molecule has 10 heteroatoms. The van der Waals surface area contributed by atoms with Gasteiger partial charge in [-0.1, -0.05) is 27.7 Å². The van der Waals surface area contributed by atoms with Gasteiger partial charge >= 0.3 is 0 Å². The Balaban J connectivity index is 1.97. The molecule has 0 saturated heterocycles. The van der Waals surface area contributed by atoms with Crippen molar-refractivity contribution in [1.29, 1.82) is 0 Å². The summed E-state index contributed by atoms with van der Waals surface area (Å²) in [6.07, 6.45) is -0.874. The molecule has 0 saturated carbocycles. The molecule has 0 radical (unpaired) electrons. The lowest BCUT2D eigenvalue weighted by Crippen LogP contribution is -2.35. The lowest BCUT2D eigenvalue weighted by molar-refractivity contribution is -0.726. The van der Waals surface area contributed by atoms with Crippen molar-refractivity contribution in [3.63, 3.8) is 0 Å². The molecule has 0 fully saturated rings. The first kappa shape index (κ1) is 15.4. The second-order valence-electron chi connectivity index (χ2n) is 4.29. The Morgan fingerprint density at radius 2 is 1.96 bits per heavy atom. The van der Waals surface area contributed by atoms with Gasteiger partial charge in [0.15, 0.2) is 0 Å². The molecule has 0 spiro atoms. The van der Waals surface area contributed by atoms with Gasteiger partial charge in [0.25, 0.3) is 11.4 Å². The SMILES string of the molecule is O=[N+]([O-])c1cc(-[n+]2noc([O-])n2)ccc1Sc1ccc(Br)cc1. The molecule has 2 aromatic carbocycles. The third-order valence-corrected chi connectivity index (χ3v) is 4.39. The average Bonchev–Trinajstić information content (AvgIpc) is 2.96. The van der Waals surface area contributed by atoms with Crippen LogP contribution in [0.3, 0.4) is 0 Å². The fraction of sp³-hybridized carbons (Fsp3) is 0. The number of rotatable bonds is 4. The van der Waals surface area contributed by atoms with Gasteiger partial charge in [-0.25, -0.2) is 0 Å². The van der Waals surface area contributed by atoms with E-state index >= 15 is 0 Å². The van der Waals surface area contributed by atoms with E-state index in [2.05, 4.69) is 30.8 Å². The molecule has 116 valence electrons. The Morgan fingerprint density at radius 3 is 2.57 bits per heavy atom. The van der Waals surface area contributed by atoms with Crippen molar-refractivity contribution >= 4 is 33.4 Å². The van der Waals surface area contributed by atoms with Gasteiger partial charge in [-0.05, 0) is 30.3 Å². The van der Waals surface area contributed by atoms with E-state index in [4.69, 9.17) is 0 Å². The van der Waals surface area contributed by atoms with Crippen LogP contribution in [0, 0.1) is 10.1 Å². The Kier molecular flexibility index (Phi) is 4.26. The molecule has 0 atom stereocenters. The van der Waals surface area contributed by atoms with Crippen LogP contribution in [-0.2, 0) is 0 Å².